The fourth-order valence-corrected chi connectivity index (χ4v) is 8.69. The van der Waals surface area contributed by atoms with Gasteiger partial charge in [-0.3, -0.25) is 45.5 Å². The number of nitrogens with one attached hydrogen (secondary N) is 6. The lowest BCUT2D eigenvalue weighted by atomic mass is 9.88. The Morgan fingerprint density at radius 3 is 2.34 bits per heavy atom. The van der Waals surface area contributed by atoms with Crippen LogP contribution in [-0.4, -0.2) is 135 Å². The zero-order chi connectivity index (χ0) is 37.3. The number of rotatable bonds is 20. The van der Waals surface area contributed by atoms with Crippen LogP contribution in [0.5, 0.6) is 0 Å². The van der Waals surface area contributed by atoms with Crippen LogP contribution in [0.15, 0.2) is 18.2 Å². The molecule has 0 bridgehead atoms. The molecule has 294 valence electrons. The number of benzene rings is 1. The maximum absolute atomic E-state index is 13.2. The summed E-state index contributed by atoms with van der Waals surface area (Å²) in [7, 11) is 0. The van der Waals surface area contributed by atoms with Crippen molar-refractivity contribution in [2.75, 3.05) is 64.6 Å². The van der Waals surface area contributed by atoms with Crippen molar-refractivity contribution < 1.29 is 33.4 Å². The van der Waals surface area contributed by atoms with Crippen molar-refractivity contribution in [3.63, 3.8) is 0 Å². The zero-order valence-corrected chi connectivity index (χ0v) is 31.8. The fourth-order valence-electron chi connectivity index (χ4n) is 8.43. The minimum Gasteiger partial charge on any atom is -0.382 e. The molecule has 15 nitrogen and oxygen atoms in total. The van der Waals surface area contributed by atoms with Gasteiger partial charge in [0.15, 0.2) is 0 Å². The van der Waals surface area contributed by atoms with E-state index in [9.17, 15) is 19.2 Å². The number of amides is 4. The number of hydrazine groups is 1. The van der Waals surface area contributed by atoms with Gasteiger partial charge < -0.3 is 24.8 Å². The summed E-state index contributed by atoms with van der Waals surface area (Å²) in [5.41, 5.74) is 4.49. The lowest BCUT2D eigenvalue weighted by Crippen LogP contribution is -2.67. The van der Waals surface area contributed by atoms with Crippen molar-refractivity contribution in [3.05, 3.63) is 29.3 Å². The molecule has 0 spiro atoms. The Morgan fingerprint density at radius 1 is 0.887 bits per heavy atom. The molecule has 4 amide bonds. The van der Waals surface area contributed by atoms with Gasteiger partial charge in [-0.15, -0.1) is 11.6 Å². The standard InChI is InChI=1S/C37H57ClN8O7/c1-3-23(4-2)29-21-31(46-34(43-29)27(38)22-41-46)42-25-9-8-24(20-25)39-12-14-51-16-18-53-19-17-52-15-13-40-28-7-5-6-26-33(28)37(50)45(36(26)49)30-10-11-32(47)44-35(30)48/h5-7,23-25,27,29-31,34,39-43H,3-4,8-22H2,1-2H3,(H,44,47,48)/t24-,25-,27?,29?,30?,31?,34?/m0/s1. The van der Waals surface area contributed by atoms with E-state index in [0.29, 0.717) is 75.9 Å². The van der Waals surface area contributed by atoms with E-state index >= 15 is 0 Å². The molecule has 5 unspecified atom stereocenters. The van der Waals surface area contributed by atoms with E-state index in [0.717, 1.165) is 43.7 Å². The van der Waals surface area contributed by atoms with Crippen molar-refractivity contribution in [1.82, 2.24) is 36.6 Å². The normalized spacial score (nSPS) is 28.9. The van der Waals surface area contributed by atoms with Crippen molar-refractivity contribution in [2.24, 2.45) is 5.92 Å². The van der Waals surface area contributed by atoms with E-state index in [1.54, 1.807) is 18.2 Å². The Hall–Kier alpha value is -2.73. The topological polar surface area (TPSA) is 175 Å². The number of alkyl halides is 1. The number of carbonyl (C=O) groups is 4. The largest absolute Gasteiger partial charge is 0.382 e. The van der Waals surface area contributed by atoms with Gasteiger partial charge in [-0.05, 0) is 50.2 Å². The SMILES string of the molecule is CCC(CC)C1CC(N[C@H]2CC[C@H](NCCOCCOCCOCCNc3cccc4c3C(=O)N(C3CCC(=O)NC3=O)C4=O)C2)N2NCC(Cl)C2N1. The quantitative estimate of drug-likeness (QED) is 0.0643. The third kappa shape index (κ3) is 9.75. The predicted octanol–water partition coefficient (Wildman–Crippen LogP) is 1.53. The van der Waals surface area contributed by atoms with E-state index in [2.05, 4.69) is 50.9 Å². The maximum Gasteiger partial charge on any atom is 0.264 e. The number of hydrogen-bond donors (Lipinski definition) is 6. The van der Waals surface area contributed by atoms with Crippen LogP contribution in [0.3, 0.4) is 0 Å². The highest BCUT2D eigenvalue weighted by Crippen LogP contribution is 2.33. The van der Waals surface area contributed by atoms with Gasteiger partial charge in [0.1, 0.15) is 6.04 Å². The van der Waals surface area contributed by atoms with E-state index in [-0.39, 0.29) is 41.7 Å². The summed E-state index contributed by atoms with van der Waals surface area (Å²) in [4.78, 5) is 51.1. The molecular formula is C37H57ClN8O7. The van der Waals surface area contributed by atoms with Crippen LogP contribution in [0, 0.1) is 5.92 Å². The molecule has 4 heterocycles. The Kier molecular flexibility index (Phi) is 14.5. The molecule has 7 atom stereocenters. The lowest BCUT2D eigenvalue weighted by Gasteiger charge is -2.46. The number of ether oxygens (including phenoxy) is 3. The van der Waals surface area contributed by atoms with Crippen molar-refractivity contribution in [1.29, 1.82) is 0 Å². The van der Waals surface area contributed by atoms with Gasteiger partial charge in [0.25, 0.3) is 11.8 Å². The van der Waals surface area contributed by atoms with E-state index in [1.165, 1.54) is 12.8 Å². The highest BCUT2D eigenvalue weighted by Gasteiger charge is 2.46. The number of fused-ring (bicyclic) bond motifs is 2. The number of imide groups is 2. The lowest BCUT2D eigenvalue weighted by molar-refractivity contribution is -0.136. The third-order valence-corrected chi connectivity index (χ3v) is 11.6. The minimum absolute atomic E-state index is 0.0680. The minimum atomic E-state index is -0.999. The number of halogens is 1. The first kappa shape index (κ1) is 39.9. The molecule has 5 aliphatic rings. The van der Waals surface area contributed by atoms with Gasteiger partial charge in [0, 0.05) is 49.9 Å². The van der Waals surface area contributed by atoms with Crippen LogP contribution in [0.2, 0.25) is 0 Å². The summed E-state index contributed by atoms with van der Waals surface area (Å²) in [6.45, 7) is 9.42. The number of hydrogen-bond acceptors (Lipinski definition) is 13. The molecule has 4 fully saturated rings. The fraction of sp³-hybridized carbons (Fsp3) is 0.730. The molecule has 16 heteroatoms. The Balaban J connectivity index is 0.788. The predicted molar refractivity (Wildman–Crippen MR) is 199 cm³/mol. The molecular weight excluding hydrogens is 704 g/mol. The van der Waals surface area contributed by atoms with Gasteiger partial charge in [0.2, 0.25) is 11.8 Å². The zero-order valence-electron chi connectivity index (χ0n) is 31.0. The molecule has 3 saturated heterocycles. The highest BCUT2D eigenvalue weighted by molar-refractivity contribution is 6.25. The van der Waals surface area contributed by atoms with Gasteiger partial charge in [-0.25, -0.2) is 5.01 Å². The van der Waals surface area contributed by atoms with Crippen LogP contribution in [0.25, 0.3) is 0 Å². The van der Waals surface area contributed by atoms with Crippen LogP contribution in [0.4, 0.5) is 5.69 Å². The first-order valence-electron chi connectivity index (χ1n) is 19.5. The second-order valence-electron chi connectivity index (χ2n) is 14.6. The summed E-state index contributed by atoms with van der Waals surface area (Å²) in [5.74, 6) is -1.45. The summed E-state index contributed by atoms with van der Waals surface area (Å²) in [6, 6.07) is 5.41. The van der Waals surface area contributed by atoms with Gasteiger partial charge in [-0.2, -0.15) is 0 Å². The number of nitrogens with zero attached hydrogens (tertiary/aromatic N) is 2. The third-order valence-electron chi connectivity index (χ3n) is 11.2. The van der Waals surface area contributed by atoms with Gasteiger partial charge in [-0.1, -0.05) is 32.8 Å². The molecule has 53 heavy (non-hydrogen) atoms. The molecule has 1 aromatic rings. The second-order valence-corrected chi connectivity index (χ2v) is 15.2. The molecule has 4 aliphatic heterocycles. The Labute approximate surface area is 317 Å². The number of piperidine rings is 1. The Bertz CT molecular complexity index is 1440. The van der Waals surface area contributed by atoms with Crippen LogP contribution < -0.4 is 32.0 Å². The smallest absolute Gasteiger partial charge is 0.264 e. The summed E-state index contributed by atoms with van der Waals surface area (Å²) in [6.07, 6.45) is 7.48. The van der Waals surface area contributed by atoms with Crippen molar-refractivity contribution in [3.8, 4) is 0 Å². The van der Waals surface area contributed by atoms with Crippen LogP contribution in [0.1, 0.15) is 85.9 Å². The molecule has 6 rings (SSSR count). The first-order chi connectivity index (χ1) is 25.8. The average molecular weight is 761 g/mol. The van der Waals surface area contributed by atoms with Gasteiger partial charge in [0.05, 0.1) is 68.5 Å². The monoisotopic (exact) mass is 760 g/mol. The molecule has 0 aromatic heterocycles. The summed E-state index contributed by atoms with van der Waals surface area (Å²) < 4.78 is 17.1. The summed E-state index contributed by atoms with van der Waals surface area (Å²) >= 11 is 6.69. The van der Waals surface area contributed by atoms with Crippen LogP contribution >= 0.6 is 11.6 Å². The molecule has 1 saturated carbocycles. The van der Waals surface area contributed by atoms with E-state index in [1.807, 2.05) is 0 Å². The second kappa shape index (κ2) is 19.2. The summed E-state index contributed by atoms with van der Waals surface area (Å²) in [5, 5.41) is 19.2. The van der Waals surface area contributed by atoms with E-state index in [4.69, 9.17) is 25.8 Å². The van der Waals surface area contributed by atoms with Crippen molar-refractivity contribution >= 4 is 40.9 Å². The number of anilines is 1. The van der Waals surface area contributed by atoms with Gasteiger partial charge >= 0.3 is 0 Å². The maximum atomic E-state index is 13.2. The van der Waals surface area contributed by atoms with Crippen LogP contribution in [-0.2, 0) is 23.8 Å². The number of carbonyl (C=O) groups excluding carboxylic acids is 4. The highest BCUT2D eigenvalue weighted by atomic mass is 35.5. The molecule has 1 aromatic carbocycles. The molecule has 6 N–H and O–H groups in total. The van der Waals surface area contributed by atoms with E-state index < -0.39 is 29.7 Å². The molecule has 0 radical (unpaired) electrons. The average Bonchev–Trinajstić information content (AvgIpc) is 3.83. The Morgan fingerprint density at radius 2 is 1.60 bits per heavy atom. The van der Waals surface area contributed by atoms with Crippen molar-refractivity contribution in [2.45, 2.75) is 107 Å². The molecule has 1 aliphatic carbocycles. The first-order valence-corrected chi connectivity index (χ1v) is 20.0.